The molecule has 0 bridgehead atoms. The van der Waals surface area contributed by atoms with Crippen molar-refractivity contribution in [1.29, 1.82) is 0 Å². The first-order valence-corrected chi connectivity index (χ1v) is 16.3. The molecular formula is C31H36FN3O8S. The molecule has 2 heterocycles. The zero-order valence-electron chi connectivity index (χ0n) is 24.5. The van der Waals surface area contributed by atoms with E-state index in [0.29, 0.717) is 24.0 Å². The van der Waals surface area contributed by atoms with E-state index in [-0.39, 0.29) is 57.5 Å². The summed E-state index contributed by atoms with van der Waals surface area (Å²) in [6, 6.07) is 3.55. The number of Topliss-reactive ketones (excluding diaryl/α,β-unsaturated/α-hetero) is 1. The van der Waals surface area contributed by atoms with Gasteiger partial charge in [-0.2, -0.15) is 0 Å². The largest absolute Gasteiger partial charge is 0.444 e. The Morgan fingerprint density at radius 3 is 2.55 bits per heavy atom. The van der Waals surface area contributed by atoms with Crippen molar-refractivity contribution in [1.82, 2.24) is 14.5 Å². The number of hydrogen-bond acceptors (Lipinski definition) is 8. The molecule has 0 radical (unpaired) electrons. The van der Waals surface area contributed by atoms with Crippen LogP contribution in [0.4, 0.5) is 9.18 Å². The van der Waals surface area contributed by atoms with Gasteiger partial charge in [-0.05, 0) is 49.8 Å². The minimum atomic E-state index is -3.85. The zero-order chi connectivity index (χ0) is 31.8. The SMILES string of the molecule is C=C[C@@H]1C[C@]1(CC(=O)C1CC(OC(=O)N2Cc3cccc(F)c3C2)CN1C(=O)CCC(=O)/C=C/C)C(=O)NS(=O)(=O)C1CC1. The highest BCUT2D eigenvalue weighted by Gasteiger charge is 2.61. The molecule has 1 N–H and O–H groups in total. The van der Waals surface area contributed by atoms with E-state index in [1.54, 1.807) is 25.1 Å². The van der Waals surface area contributed by atoms with Crippen molar-refractivity contribution in [2.45, 2.75) is 82.4 Å². The smallest absolute Gasteiger partial charge is 0.410 e. The summed E-state index contributed by atoms with van der Waals surface area (Å²) in [6.07, 6.45) is 3.39. The highest BCUT2D eigenvalue weighted by Crippen LogP contribution is 2.57. The van der Waals surface area contributed by atoms with Gasteiger partial charge in [-0.1, -0.05) is 24.3 Å². The standard InChI is InChI=1S/C31H36FN3O8S/c1-3-6-21(36)9-12-28(38)35-17-22(43-30(40)34-16-19-7-5-8-25(32)24(19)18-34)13-26(35)27(37)15-31(14-20(31)4-2)29(39)33-44(41,42)23-10-11-23/h3-8,20,22-23,26H,2,9-18H2,1H3,(H,33,39)/b6-3+/t20-,22?,26?,31-/m1/s1. The average Bonchev–Trinajstić information content (AvgIpc) is 3.86. The maximum Gasteiger partial charge on any atom is 0.410 e. The third-order valence-corrected chi connectivity index (χ3v) is 10.7. The van der Waals surface area contributed by atoms with Gasteiger partial charge in [0.05, 0.1) is 29.8 Å². The Morgan fingerprint density at radius 2 is 1.91 bits per heavy atom. The van der Waals surface area contributed by atoms with Gasteiger partial charge in [0.2, 0.25) is 21.8 Å². The van der Waals surface area contributed by atoms with E-state index >= 15 is 0 Å². The Kier molecular flexibility index (Phi) is 8.79. The van der Waals surface area contributed by atoms with Crippen molar-refractivity contribution in [3.63, 3.8) is 0 Å². The number of sulfonamides is 1. The number of benzene rings is 1. The number of carbonyl (C=O) groups excluding carboxylic acids is 5. The molecule has 0 aromatic heterocycles. The Hall–Kier alpha value is -3.87. The van der Waals surface area contributed by atoms with Crippen LogP contribution in [0, 0.1) is 17.2 Å². The predicted octanol–water partition coefficient (Wildman–Crippen LogP) is 2.93. The first-order chi connectivity index (χ1) is 20.9. The van der Waals surface area contributed by atoms with Crippen LogP contribution in [0.25, 0.3) is 0 Å². The van der Waals surface area contributed by atoms with Crippen LogP contribution in [0.5, 0.6) is 0 Å². The van der Waals surface area contributed by atoms with Gasteiger partial charge in [-0.3, -0.25) is 28.8 Å². The summed E-state index contributed by atoms with van der Waals surface area (Å²) in [5.41, 5.74) is -0.241. The molecule has 1 aromatic rings. The van der Waals surface area contributed by atoms with Crippen LogP contribution in [0.3, 0.4) is 0 Å². The van der Waals surface area contributed by atoms with Gasteiger partial charge in [0, 0.05) is 37.8 Å². The number of allylic oxidation sites excluding steroid dienone is 3. The second kappa shape index (κ2) is 12.3. The second-order valence-corrected chi connectivity index (χ2v) is 14.0. The van der Waals surface area contributed by atoms with Crippen molar-refractivity contribution in [2.24, 2.45) is 11.3 Å². The number of nitrogens with one attached hydrogen (secondary N) is 1. The predicted molar refractivity (Wildman–Crippen MR) is 156 cm³/mol. The Balaban J connectivity index is 1.29. The minimum Gasteiger partial charge on any atom is -0.444 e. The maximum absolute atomic E-state index is 14.2. The van der Waals surface area contributed by atoms with Crippen molar-refractivity contribution in [2.75, 3.05) is 6.54 Å². The molecule has 44 heavy (non-hydrogen) atoms. The molecule has 1 saturated heterocycles. The van der Waals surface area contributed by atoms with Gasteiger partial charge >= 0.3 is 6.09 Å². The lowest BCUT2D eigenvalue weighted by atomic mass is 9.91. The molecule has 3 fully saturated rings. The third kappa shape index (κ3) is 6.47. The minimum absolute atomic E-state index is 0.0238. The van der Waals surface area contributed by atoms with E-state index in [2.05, 4.69) is 11.3 Å². The quantitative estimate of drug-likeness (QED) is 0.274. The van der Waals surface area contributed by atoms with Gasteiger partial charge < -0.3 is 9.64 Å². The molecule has 13 heteroatoms. The molecule has 11 nitrogen and oxygen atoms in total. The number of ether oxygens (including phenoxy) is 1. The topological polar surface area (TPSA) is 147 Å². The fraction of sp³-hybridized carbons (Fsp3) is 0.516. The summed E-state index contributed by atoms with van der Waals surface area (Å²) >= 11 is 0. The molecule has 2 saturated carbocycles. The van der Waals surface area contributed by atoms with E-state index in [1.807, 2.05) is 0 Å². The first kappa shape index (κ1) is 31.6. The van der Waals surface area contributed by atoms with Gasteiger partial charge in [-0.15, -0.1) is 6.58 Å². The van der Waals surface area contributed by atoms with Crippen molar-refractivity contribution >= 4 is 39.5 Å². The number of ketones is 2. The van der Waals surface area contributed by atoms with E-state index < -0.39 is 68.3 Å². The molecule has 3 amide bonds. The summed E-state index contributed by atoms with van der Waals surface area (Å²) in [7, 11) is -3.85. The van der Waals surface area contributed by atoms with Crippen LogP contribution in [-0.2, 0) is 47.0 Å². The number of amides is 3. The lowest BCUT2D eigenvalue weighted by molar-refractivity contribution is -0.139. The fourth-order valence-electron chi connectivity index (χ4n) is 6.14. The second-order valence-electron chi connectivity index (χ2n) is 12.0. The Bertz CT molecular complexity index is 1540. The maximum atomic E-state index is 14.2. The number of halogens is 1. The lowest BCUT2D eigenvalue weighted by Crippen LogP contribution is -2.44. The van der Waals surface area contributed by atoms with Gasteiger partial charge in [0.15, 0.2) is 11.6 Å². The molecule has 4 aliphatic rings. The fourth-order valence-corrected chi connectivity index (χ4v) is 7.53. The monoisotopic (exact) mass is 629 g/mol. The zero-order valence-corrected chi connectivity index (χ0v) is 25.3. The number of carbonyl (C=O) groups is 5. The average molecular weight is 630 g/mol. The summed E-state index contributed by atoms with van der Waals surface area (Å²) in [4.78, 5) is 68.0. The van der Waals surface area contributed by atoms with Crippen molar-refractivity contribution in [3.05, 3.63) is 60.0 Å². The highest BCUT2D eigenvalue weighted by molar-refractivity contribution is 7.90. The summed E-state index contributed by atoms with van der Waals surface area (Å²) in [6.45, 7) is 5.48. The molecule has 2 aliphatic heterocycles. The van der Waals surface area contributed by atoms with Crippen LogP contribution in [0.1, 0.15) is 63.0 Å². The summed E-state index contributed by atoms with van der Waals surface area (Å²) in [5, 5.41) is -0.622. The van der Waals surface area contributed by atoms with Crippen LogP contribution >= 0.6 is 0 Å². The first-order valence-electron chi connectivity index (χ1n) is 14.8. The Morgan fingerprint density at radius 1 is 1.16 bits per heavy atom. The van der Waals surface area contributed by atoms with E-state index in [9.17, 15) is 36.8 Å². The van der Waals surface area contributed by atoms with E-state index in [1.165, 1.54) is 28.0 Å². The van der Waals surface area contributed by atoms with Crippen LogP contribution < -0.4 is 4.72 Å². The van der Waals surface area contributed by atoms with Gasteiger partial charge in [-0.25, -0.2) is 17.6 Å². The molecule has 2 unspecified atom stereocenters. The number of likely N-dealkylation sites (tertiary alicyclic amines) is 1. The van der Waals surface area contributed by atoms with Crippen molar-refractivity contribution in [3.8, 4) is 0 Å². The number of rotatable bonds is 12. The number of fused-ring (bicyclic) bond motifs is 1. The molecule has 236 valence electrons. The van der Waals surface area contributed by atoms with Crippen LogP contribution in [0.15, 0.2) is 43.0 Å². The molecule has 5 rings (SSSR count). The van der Waals surface area contributed by atoms with Crippen LogP contribution in [0.2, 0.25) is 0 Å². The van der Waals surface area contributed by atoms with Gasteiger partial charge in [0.1, 0.15) is 11.9 Å². The molecule has 2 aliphatic carbocycles. The van der Waals surface area contributed by atoms with E-state index in [0.717, 1.165) is 0 Å². The number of nitrogens with zero attached hydrogens (tertiary/aromatic N) is 2. The van der Waals surface area contributed by atoms with Crippen molar-refractivity contribution < 1.29 is 41.5 Å². The summed E-state index contributed by atoms with van der Waals surface area (Å²) < 4.78 is 47.0. The highest BCUT2D eigenvalue weighted by atomic mass is 32.2. The molecular weight excluding hydrogens is 593 g/mol. The van der Waals surface area contributed by atoms with Crippen LogP contribution in [-0.4, -0.2) is 71.6 Å². The van der Waals surface area contributed by atoms with Gasteiger partial charge in [0.25, 0.3) is 0 Å². The molecule has 0 spiro atoms. The normalized spacial score (nSPS) is 25.9. The lowest BCUT2D eigenvalue weighted by Gasteiger charge is -2.25. The third-order valence-electron chi connectivity index (χ3n) is 8.90. The number of hydrogen-bond donors (Lipinski definition) is 1. The van der Waals surface area contributed by atoms with E-state index in [4.69, 9.17) is 4.74 Å². The molecule has 1 aromatic carbocycles. The summed E-state index contributed by atoms with van der Waals surface area (Å²) in [5.74, 6) is -2.83. The Labute approximate surface area is 255 Å². The molecule has 4 atom stereocenters.